The van der Waals surface area contributed by atoms with Gasteiger partial charge >= 0.3 is 5.97 Å². The number of aromatic amines is 2. The van der Waals surface area contributed by atoms with E-state index in [-0.39, 0.29) is 19.3 Å². The van der Waals surface area contributed by atoms with E-state index in [2.05, 4.69) is 30.9 Å². The third-order valence-corrected chi connectivity index (χ3v) is 7.02. The predicted molar refractivity (Wildman–Crippen MR) is 158 cm³/mol. The first-order valence-corrected chi connectivity index (χ1v) is 13.8. The predicted octanol–water partition coefficient (Wildman–Crippen LogP) is 0.166. The van der Waals surface area contributed by atoms with Crippen molar-refractivity contribution >= 4 is 34.6 Å². The van der Waals surface area contributed by atoms with Gasteiger partial charge in [0.2, 0.25) is 17.7 Å². The van der Waals surface area contributed by atoms with Crippen LogP contribution in [0.4, 0.5) is 0 Å². The number of carbonyl (C=O) groups is 4. The van der Waals surface area contributed by atoms with Gasteiger partial charge in [-0.2, -0.15) is 0 Å². The molecule has 0 saturated carbocycles. The maximum absolute atomic E-state index is 13.4. The number of H-pyrrole nitrogens is 2. The summed E-state index contributed by atoms with van der Waals surface area (Å²) in [6, 6.07) is 11.4. The minimum atomic E-state index is -1.44. The number of amides is 3. The van der Waals surface area contributed by atoms with Crippen molar-refractivity contribution in [3.8, 4) is 0 Å². The van der Waals surface area contributed by atoms with Crippen LogP contribution in [0.1, 0.15) is 23.7 Å². The molecule has 0 saturated heterocycles. The number of imidazole rings is 1. The lowest BCUT2D eigenvalue weighted by Crippen LogP contribution is -2.60. The van der Waals surface area contributed by atoms with E-state index in [1.807, 2.05) is 24.3 Å². The van der Waals surface area contributed by atoms with E-state index >= 15 is 0 Å². The van der Waals surface area contributed by atoms with Gasteiger partial charge in [0, 0.05) is 41.8 Å². The number of aromatic nitrogens is 3. The summed E-state index contributed by atoms with van der Waals surface area (Å²) in [4.78, 5) is 61.4. The number of rotatable bonds is 14. The molecule has 9 N–H and O–H groups in total. The maximum Gasteiger partial charge on any atom is 0.326 e. The third kappa shape index (κ3) is 8.27. The number of carboxylic acids is 1. The monoisotopic (exact) mass is 589 g/mol. The number of hydrogen-bond donors (Lipinski definition) is 8. The Labute approximate surface area is 247 Å². The maximum atomic E-state index is 13.4. The minimum absolute atomic E-state index is 0.0232. The average molecular weight is 590 g/mol. The second-order valence-corrected chi connectivity index (χ2v) is 10.3. The van der Waals surface area contributed by atoms with Gasteiger partial charge in [0.1, 0.15) is 18.1 Å². The molecule has 2 aromatic carbocycles. The second-order valence-electron chi connectivity index (χ2n) is 10.3. The molecule has 0 aliphatic heterocycles. The number of carbonyl (C=O) groups excluding carboxylic acids is 3. The molecule has 4 rings (SSSR count). The Morgan fingerprint density at radius 2 is 1.56 bits per heavy atom. The molecule has 5 atom stereocenters. The van der Waals surface area contributed by atoms with Crippen LogP contribution in [-0.2, 0) is 38.4 Å². The first-order valence-electron chi connectivity index (χ1n) is 13.8. The van der Waals surface area contributed by atoms with Crippen molar-refractivity contribution in [2.24, 2.45) is 5.73 Å². The highest BCUT2D eigenvalue weighted by atomic mass is 16.4. The molecular weight excluding hydrogens is 554 g/mol. The number of nitrogens with zero attached hydrogens (tertiary/aromatic N) is 1. The summed E-state index contributed by atoms with van der Waals surface area (Å²) in [6.07, 6.45) is 3.41. The number of fused-ring (bicyclic) bond motifs is 1. The Morgan fingerprint density at radius 3 is 2.23 bits per heavy atom. The van der Waals surface area contributed by atoms with Crippen molar-refractivity contribution in [2.45, 2.75) is 56.5 Å². The van der Waals surface area contributed by atoms with E-state index in [1.54, 1.807) is 36.5 Å². The fourth-order valence-corrected chi connectivity index (χ4v) is 4.70. The summed E-state index contributed by atoms with van der Waals surface area (Å²) in [5.41, 5.74) is 9.08. The van der Waals surface area contributed by atoms with Gasteiger partial charge in [0.15, 0.2) is 0 Å². The van der Waals surface area contributed by atoms with Crippen LogP contribution in [0.5, 0.6) is 0 Å². The van der Waals surface area contributed by atoms with Crippen LogP contribution in [-0.4, -0.2) is 79.1 Å². The van der Waals surface area contributed by atoms with E-state index in [4.69, 9.17) is 5.73 Å². The number of aliphatic hydroxyl groups excluding tert-OH is 1. The quantitative estimate of drug-likeness (QED) is 0.101. The first-order chi connectivity index (χ1) is 20.6. The van der Waals surface area contributed by atoms with Crippen molar-refractivity contribution in [3.63, 3.8) is 0 Å². The number of benzene rings is 2. The Kier molecular flexibility index (Phi) is 10.3. The third-order valence-electron chi connectivity index (χ3n) is 7.02. The lowest BCUT2D eigenvalue weighted by molar-refractivity contribution is -0.142. The lowest BCUT2D eigenvalue weighted by Gasteiger charge is -2.26. The minimum Gasteiger partial charge on any atom is -0.480 e. The van der Waals surface area contributed by atoms with Crippen molar-refractivity contribution in [2.75, 3.05) is 0 Å². The molecule has 43 heavy (non-hydrogen) atoms. The summed E-state index contributed by atoms with van der Waals surface area (Å²) in [6.45, 7) is 1.33. The van der Waals surface area contributed by atoms with E-state index in [0.717, 1.165) is 16.5 Å². The molecule has 3 amide bonds. The van der Waals surface area contributed by atoms with Crippen molar-refractivity contribution < 1.29 is 29.4 Å². The Bertz CT molecular complexity index is 1540. The number of carboxylic acid groups (broad SMARTS) is 1. The standard InChI is InChI=1S/C30H35N7O6/c1-17(38)26(37-27(39)22(31)12-19-14-33-23-10-6-5-9-21(19)23)29(41)35-24(11-18-7-3-2-4-8-18)28(40)36-25(30(42)43)13-20-15-32-16-34-20/h2-10,14-17,22,24-26,33,38H,11-13,31H2,1H3,(H,32,34)(H,35,41)(H,36,40)(H,37,39)(H,42,43). The Hall–Kier alpha value is -5.01. The van der Waals surface area contributed by atoms with Gasteiger partial charge in [-0.15, -0.1) is 0 Å². The number of nitrogens with two attached hydrogens (primary N) is 1. The van der Waals surface area contributed by atoms with Crippen LogP contribution in [0.3, 0.4) is 0 Å². The average Bonchev–Trinajstić information content (AvgIpc) is 3.65. The lowest BCUT2D eigenvalue weighted by atomic mass is 10.0. The van der Waals surface area contributed by atoms with Crippen LogP contribution < -0.4 is 21.7 Å². The van der Waals surface area contributed by atoms with Gasteiger partial charge in [0.05, 0.1) is 18.5 Å². The molecule has 13 heteroatoms. The van der Waals surface area contributed by atoms with Gasteiger partial charge in [-0.3, -0.25) is 14.4 Å². The fraction of sp³-hybridized carbons (Fsp3) is 0.300. The molecule has 0 aliphatic rings. The van der Waals surface area contributed by atoms with Gasteiger partial charge in [-0.25, -0.2) is 9.78 Å². The number of aliphatic hydroxyl groups is 1. The second kappa shape index (κ2) is 14.2. The molecule has 0 spiro atoms. The summed E-state index contributed by atoms with van der Waals surface area (Å²) in [5.74, 6) is -3.53. The van der Waals surface area contributed by atoms with Gasteiger partial charge < -0.3 is 41.9 Å². The Balaban J connectivity index is 1.46. The summed E-state index contributed by atoms with van der Waals surface area (Å²) in [7, 11) is 0. The molecule has 5 unspecified atom stereocenters. The number of aliphatic carboxylic acids is 1. The van der Waals surface area contributed by atoms with Gasteiger partial charge in [-0.05, 0) is 30.5 Å². The summed E-state index contributed by atoms with van der Waals surface area (Å²) in [5, 5.41) is 28.6. The number of para-hydroxylation sites is 1. The molecule has 2 heterocycles. The molecule has 0 radical (unpaired) electrons. The molecule has 13 nitrogen and oxygen atoms in total. The molecule has 4 aromatic rings. The van der Waals surface area contributed by atoms with Crippen LogP contribution in [0, 0.1) is 0 Å². The molecular formula is C30H35N7O6. The SMILES string of the molecule is CC(O)C(NC(=O)C(N)Cc1c[nH]c2ccccc12)C(=O)NC(Cc1ccccc1)C(=O)NC(Cc1cnc[nH]1)C(=O)O. The fourth-order valence-electron chi connectivity index (χ4n) is 4.70. The van der Waals surface area contributed by atoms with Gasteiger partial charge in [0.25, 0.3) is 0 Å². The van der Waals surface area contributed by atoms with Crippen LogP contribution >= 0.6 is 0 Å². The zero-order valence-electron chi connectivity index (χ0n) is 23.5. The highest BCUT2D eigenvalue weighted by Crippen LogP contribution is 2.19. The van der Waals surface area contributed by atoms with Crippen molar-refractivity contribution in [3.05, 3.63) is 90.1 Å². The normalized spacial score (nSPS) is 14.7. The van der Waals surface area contributed by atoms with Crippen molar-refractivity contribution in [1.82, 2.24) is 30.9 Å². The molecule has 2 aromatic heterocycles. The molecule has 0 bridgehead atoms. The first kappa shape index (κ1) is 30.9. The number of nitrogens with one attached hydrogen (secondary N) is 5. The topological polar surface area (TPSA) is 215 Å². The highest BCUT2D eigenvalue weighted by molar-refractivity contribution is 5.95. The molecule has 0 fully saturated rings. The molecule has 0 aliphatic carbocycles. The van der Waals surface area contributed by atoms with Crippen LogP contribution in [0.25, 0.3) is 10.9 Å². The van der Waals surface area contributed by atoms with Gasteiger partial charge in [-0.1, -0.05) is 48.5 Å². The van der Waals surface area contributed by atoms with E-state index in [1.165, 1.54) is 19.4 Å². The zero-order chi connectivity index (χ0) is 30.9. The summed E-state index contributed by atoms with van der Waals surface area (Å²) >= 11 is 0. The highest BCUT2D eigenvalue weighted by Gasteiger charge is 2.33. The largest absolute Gasteiger partial charge is 0.480 e. The van der Waals surface area contributed by atoms with E-state index in [0.29, 0.717) is 11.3 Å². The van der Waals surface area contributed by atoms with E-state index in [9.17, 15) is 29.4 Å². The summed E-state index contributed by atoms with van der Waals surface area (Å²) < 4.78 is 0. The van der Waals surface area contributed by atoms with Crippen molar-refractivity contribution in [1.29, 1.82) is 0 Å². The number of hydrogen-bond acceptors (Lipinski definition) is 7. The molecule has 226 valence electrons. The van der Waals surface area contributed by atoms with Crippen LogP contribution in [0.15, 0.2) is 73.3 Å². The van der Waals surface area contributed by atoms with E-state index < -0.39 is 54.0 Å². The smallest absolute Gasteiger partial charge is 0.326 e. The Morgan fingerprint density at radius 1 is 0.860 bits per heavy atom. The zero-order valence-corrected chi connectivity index (χ0v) is 23.5. The van der Waals surface area contributed by atoms with Crippen LogP contribution in [0.2, 0.25) is 0 Å².